The predicted molar refractivity (Wildman–Crippen MR) is 79.3 cm³/mol. The number of hydrogen-bond donors (Lipinski definition) is 3. The molecule has 1 fully saturated rings. The van der Waals surface area contributed by atoms with Crippen LogP contribution in [0.1, 0.15) is 30.4 Å². The van der Waals surface area contributed by atoms with Crippen LogP contribution in [0.5, 0.6) is 0 Å². The van der Waals surface area contributed by atoms with Gasteiger partial charge in [0.1, 0.15) is 0 Å². The first-order chi connectivity index (χ1) is 9.60. The van der Waals surface area contributed by atoms with E-state index < -0.39 is 0 Å². The van der Waals surface area contributed by atoms with Gasteiger partial charge in [-0.3, -0.25) is 0 Å². The van der Waals surface area contributed by atoms with Crippen molar-refractivity contribution in [3.63, 3.8) is 0 Å². The molecule has 0 bridgehead atoms. The summed E-state index contributed by atoms with van der Waals surface area (Å²) in [6.07, 6.45) is 3.43. The molecule has 0 atom stereocenters. The van der Waals surface area contributed by atoms with Gasteiger partial charge in [0.15, 0.2) is 5.84 Å². The highest BCUT2D eigenvalue weighted by atomic mass is 35.5. The molecule has 1 aliphatic carbocycles. The minimum absolute atomic E-state index is 0.000388. The van der Waals surface area contributed by atoms with Crippen LogP contribution >= 0.6 is 11.6 Å². The van der Waals surface area contributed by atoms with Crippen LogP contribution in [0.15, 0.2) is 23.4 Å². The van der Waals surface area contributed by atoms with E-state index in [4.69, 9.17) is 27.3 Å². The number of nitrogens with two attached hydrogens (primary N) is 1. The lowest BCUT2D eigenvalue weighted by Crippen LogP contribution is -2.47. The van der Waals surface area contributed by atoms with Gasteiger partial charge in [-0.05, 0) is 30.9 Å². The molecule has 0 saturated heterocycles. The average Bonchev–Trinajstić information content (AvgIpc) is 2.42. The molecule has 1 aliphatic rings. The highest BCUT2D eigenvalue weighted by Crippen LogP contribution is 2.34. The van der Waals surface area contributed by atoms with Crippen LogP contribution in [0, 0.1) is 0 Å². The van der Waals surface area contributed by atoms with Crippen molar-refractivity contribution in [1.29, 1.82) is 0 Å². The normalized spacial score (nSPS) is 17.8. The molecule has 4 N–H and O–H groups in total. The average molecular weight is 298 g/mol. The second-order valence-corrected chi connectivity index (χ2v) is 5.54. The third-order valence-corrected chi connectivity index (χ3v) is 4.27. The Morgan fingerprint density at radius 3 is 2.80 bits per heavy atom. The Bertz CT molecular complexity index is 496. The molecule has 0 amide bonds. The molecule has 110 valence electrons. The van der Waals surface area contributed by atoms with E-state index in [1.807, 2.05) is 6.07 Å². The molecule has 5 nitrogen and oxygen atoms in total. The molecule has 1 saturated carbocycles. The molecular formula is C14H20ClN3O2. The first-order valence-corrected chi connectivity index (χ1v) is 7.00. The Kier molecular flexibility index (Phi) is 4.86. The third-order valence-electron chi connectivity index (χ3n) is 3.92. The zero-order valence-corrected chi connectivity index (χ0v) is 12.3. The molecule has 0 heterocycles. The van der Waals surface area contributed by atoms with Gasteiger partial charge in [-0.25, -0.2) is 0 Å². The second-order valence-electron chi connectivity index (χ2n) is 5.14. The first-order valence-electron chi connectivity index (χ1n) is 6.62. The Morgan fingerprint density at radius 1 is 1.55 bits per heavy atom. The Balaban J connectivity index is 1.93. The van der Waals surface area contributed by atoms with Crippen molar-refractivity contribution >= 4 is 17.4 Å². The van der Waals surface area contributed by atoms with Crippen LogP contribution in [-0.4, -0.2) is 30.3 Å². The van der Waals surface area contributed by atoms with Gasteiger partial charge < -0.3 is 21.0 Å². The van der Waals surface area contributed by atoms with Gasteiger partial charge in [-0.15, -0.1) is 0 Å². The third kappa shape index (κ3) is 3.23. The first kappa shape index (κ1) is 15.1. The van der Waals surface area contributed by atoms with Gasteiger partial charge in [-0.1, -0.05) is 28.9 Å². The summed E-state index contributed by atoms with van der Waals surface area (Å²) in [6.45, 7) is 1.49. The zero-order chi connectivity index (χ0) is 14.6. The Labute approximate surface area is 123 Å². The van der Waals surface area contributed by atoms with Gasteiger partial charge >= 0.3 is 0 Å². The van der Waals surface area contributed by atoms with E-state index in [-0.39, 0.29) is 11.4 Å². The van der Waals surface area contributed by atoms with Gasteiger partial charge in [0.25, 0.3) is 0 Å². The van der Waals surface area contributed by atoms with Crippen LogP contribution < -0.4 is 11.1 Å². The van der Waals surface area contributed by atoms with Gasteiger partial charge in [0.05, 0.1) is 5.60 Å². The van der Waals surface area contributed by atoms with Crippen molar-refractivity contribution in [2.24, 2.45) is 10.9 Å². The largest absolute Gasteiger partial charge is 0.409 e. The minimum atomic E-state index is 0.000388. The van der Waals surface area contributed by atoms with Crippen molar-refractivity contribution in [1.82, 2.24) is 5.32 Å². The SMILES string of the molecule is COC1(CNCc2ccc(/C(N)=N/O)cc2Cl)CCC1. The molecule has 1 aromatic carbocycles. The van der Waals surface area contributed by atoms with Crippen molar-refractivity contribution in [2.45, 2.75) is 31.4 Å². The second kappa shape index (κ2) is 6.43. The van der Waals surface area contributed by atoms with Gasteiger partial charge in [0.2, 0.25) is 0 Å². The maximum atomic E-state index is 8.63. The fraction of sp³-hybridized carbons (Fsp3) is 0.500. The predicted octanol–water partition coefficient (Wildman–Crippen LogP) is 2.09. The van der Waals surface area contributed by atoms with E-state index in [1.54, 1.807) is 19.2 Å². The Hall–Kier alpha value is -1.30. The molecule has 0 radical (unpaired) electrons. The highest BCUT2D eigenvalue weighted by Gasteiger charge is 2.36. The standard InChI is InChI=1S/C14H20ClN3O2/c1-20-14(5-2-6-14)9-17-8-11-4-3-10(7-12(11)15)13(16)18-19/h3-4,7,17,19H,2,5-6,8-9H2,1H3,(H2,16,18). The molecule has 0 aliphatic heterocycles. The summed E-state index contributed by atoms with van der Waals surface area (Å²) in [5.41, 5.74) is 7.11. The van der Waals surface area contributed by atoms with Crippen LogP contribution in [0.2, 0.25) is 5.02 Å². The number of ether oxygens (including phenoxy) is 1. The van der Waals surface area contributed by atoms with Crippen molar-refractivity contribution < 1.29 is 9.94 Å². The summed E-state index contributed by atoms with van der Waals surface area (Å²) < 4.78 is 5.55. The molecular weight excluding hydrogens is 278 g/mol. The van der Waals surface area contributed by atoms with E-state index in [0.29, 0.717) is 17.1 Å². The summed E-state index contributed by atoms with van der Waals surface area (Å²) in [6, 6.07) is 5.36. The maximum absolute atomic E-state index is 8.63. The summed E-state index contributed by atoms with van der Waals surface area (Å²) in [5.74, 6) is 0.0548. The van der Waals surface area contributed by atoms with E-state index in [2.05, 4.69) is 10.5 Å². The lowest BCUT2D eigenvalue weighted by atomic mass is 9.80. The maximum Gasteiger partial charge on any atom is 0.170 e. The lowest BCUT2D eigenvalue weighted by molar-refractivity contribution is -0.0695. The summed E-state index contributed by atoms with van der Waals surface area (Å²) in [4.78, 5) is 0. The number of oxime groups is 1. The number of amidine groups is 1. The molecule has 6 heteroatoms. The van der Waals surface area contributed by atoms with Crippen LogP contribution in [0.4, 0.5) is 0 Å². The van der Waals surface area contributed by atoms with E-state index in [0.717, 1.165) is 24.9 Å². The van der Waals surface area contributed by atoms with Crippen molar-refractivity contribution in [3.05, 3.63) is 34.3 Å². The number of rotatable bonds is 6. The minimum Gasteiger partial charge on any atom is -0.409 e. The number of benzene rings is 1. The molecule has 0 spiro atoms. The van der Waals surface area contributed by atoms with Crippen molar-refractivity contribution in [2.75, 3.05) is 13.7 Å². The quantitative estimate of drug-likeness (QED) is 0.325. The summed E-state index contributed by atoms with van der Waals surface area (Å²) in [7, 11) is 1.76. The fourth-order valence-corrected chi connectivity index (χ4v) is 2.60. The Morgan fingerprint density at radius 2 is 2.30 bits per heavy atom. The summed E-state index contributed by atoms with van der Waals surface area (Å²) >= 11 is 6.20. The number of nitrogens with one attached hydrogen (secondary N) is 1. The van der Waals surface area contributed by atoms with Crippen LogP contribution in [0.25, 0.3) is 0 Å². The number of hydrogen-bond acceptors (Lipinski definition) is 4. The number of nitrogens with zero attached hydrogens (tertiary/aromatic N) is 1. The van der Waals surface area contributed by atoms with Crippen LogP contribution in [-0.2, 0) is 11.3 Å². The number of methoxy groups -OCH3 is 1. The lowest BCUT2D eigenvalue weighted by Gasteiger charge is -2.40. The zero-order valence-electron chi connectivity index (χ0n) is 11.5. The van der Waals surface area contributed by atoms with Gasteiger partial charge in [-0.2, -0.15) is 0 Å². The van der Waals surface area contributed by atoms with E-state index in [1.165, 1.54) is 6.42 Å². The van der Waals surface area contributed by atoms with E-state index >= 15 is 0 Å². The molecule has 0 aromatic heterocycles. The molecule has 0 unspecified atom stereocenters. The molecule has 20 heavy (non-hydrogen) atoms. The number of halogens is 1. The smallest absolute Gasteiger partial charge is 0.170 e. The molecule has 2 rings (SSSR count). The van der Waals surface area contributed by atoms with Crippen LogP contribution in [0.3, 0.4) is 0 Å². The highest BCUT2D eigenvalue weighted by molar-refractivity contribution is 6.31. The molecule has 1 aromatic rings. The monoisotopic (exact) mass is 297 g/mol. The van der Waals surface area contributed by atoms with E-state index in [9.17, 15) is 0 Å². The van der Waals surface area contributed by atoms with Gasteiger partial charge in [0, 0.05) is 30.8 Å². The summed E-state index contributed by atoms with van der Waals surface area (Å²) in [5, 5.41) is 15.6. The fourth-order valence-electron chi connectivity index (χ4n) is 2.36. The van der Waals surface area contributed by atoms with Crippen molar-refractivity contribution in [3.8, 4) is 0 Å². The topological polar surface area (TPSA) is 79.9 Å².